The minimum atomic E-state index is -0.0293. The average molecular weight is 299 g/mol. The fraction of sp³-hybridized carbons (Fsp3) is 0.643. The molecule has 5 nitrogen and oxygen atoms in total. The normalized spacial score (nSPS) is 11.2. The lowest BCUT2D eigenvalue weighted by atomic mass is 10.3. The van der Waals surface area contributed by atoms with Gasteiger partial charge < -0.3 is 20.7 Å². The molecule has 0 radical (unpaired) electrons. The Kier molecular flexibility index (Phi) is 6.29. The Hall–Kier alpha value is -1.27. The molecule has 0 aromatic carbocycles. The van der Waals surface area contributed by atoms with Gasteiger partial charge in [0, 0.05) is 19.5 Å². The van der Waals surface area contributed by atoms with Crippen LogP contribution in [-0.2, 0) is 0 Å². The van der Waals surface area contributed by atoms with E-state index in [-0.39, 0.29) is 5.78 Å². The summed E-state index contributed by atoms with van der Waals surface area (Å²) in [7, 11) is 3.68. The van der Waals surface area contributed by atoms with Crippen molar-refractivity contribution in [2.45, 2.75) is 33.2 Å². The zero-order valence-corrected chi connectivity index (χ0v) is 13.8. The molecular formula is C14H25N3O2S. The molecule has 1 aromatic rings. The monoisotopic (exact) mass is 299 g/mol. The molecule has 114 valence electrons. The van der Waals surface area contributed by atoms with Crippen molar-refractivity contribution in [3.63, 3.8) is 0 Å². The van der Waals surface area contributed by atoms with Gasteiger partial charge in [0.05, 0.1) is 17.7 Å². The molecule has 0 aliphatic rings. The van der Waals surface area contributed by atoms with Gasteiger partial charge in [0.1, 0.15) is 5.00 Å². The topological polar surface area (TPSA) is 67.6 Å². The second-order valence-electron chi connectivity index (χ2n) is 5.12. The molecule has 0 atom stereocenters. The van der Waals surface area contributed by atoms with Crippen LogP contribution in [0, 0.1) is 0 Å². The molecule has 6 heteroatoms. The second kappa shape index (κ2) is 7.50. The molecular weight excluding hydrogens is 274 g/mol. The highest BCUT2D eigenvalue weighted by molar-refractivity contribution is 7.19. The van der Waals surface area contributed by atoms with E-state index in [1.54, 1.807) is 7.11 Å². The number of hydrogen-bond acceptors (Lipinski definition) is 6. The van der Waals surface area contributed by atoms with E-state index in [2.05, 4.69) is 31.1 Å². The number of carbonyl (C=O) groups excluding carboxylic acids is 1. The SMILES string of the molecule is COc1c(NCCCN(C)C(C)C)sc(C(C)=O)c1N. The van der Waals surface area contributed by atoms with E-state index in [1.807, 2.05) is 0 Å². The number of nitrogen functional groups attached to an aromatic ring is 1. The number of nitrogens with one attached hydrogen (secondary N) is 1. The maximum Gasteiger partial charge on any atom is 0.176 e. The predicted molar refractivity (Wildman–Crippen MR) is 86.2 cm³/mol. The standard InChI is InChI=1S/C14H25N3O2S/c1-9(2)17(4)8-6-7-16-14-12(19-5)11(15)13(20-14)10(3)18/h9,16H,6-8,15H2,1-5H3. The fourth-order valence-electron chi connectivity index (χ4n) is 1.80. The number of nitrogens with zero attached hydrogens (tertiary/aromatic N) is 1. The summed E-state index contributed by atoms with van der Waals surface area (Å²) < 4.78 is 5.28. The lowest BCUT2D eigenvalue weighted by molar-refractivity contribution is 0.102. The summed E-state index contributed by atoms with van der Waals surface area (Å²) in [6.07, 6.45) is 1.02. The zero-order chi connectivity index (χ0) is 15.3. The van der Waals surface area contributed by atoms with E-state index in [0.717, 1.165) is 24.5 Å². The summed E-state index contributed by atoms with van der Waals surface area (Å²) in [5.74, 6) is 0.552. The molecule has 0 fully saturated rings. The van der Waals surface area contributed by atoms with Crippen LogP contribution in [-0.4, -0.2) is 44.0 Å². The van der Waals surface area contributed by atoms with Crippen molar-refractivity contribution in [2.24, 2.45) is 0 Å². The number of methoxy groups -OCH3 is 1. The Morgan fingerprint density at radius 2 is 2.15 bits per heavy atom. The highest BCUT2D eigenvalue weighted by Crippen LogP contribution is 2.42. The minimum Gasteiger partial charge on any atom is -0.492 e. The Morgan fingerprint density at radius 3 is 2.65 bits per heavy atom. The summed E-state index contributed by atoms with van der Waals surface area (Å²) in [4.78, 5) is 14.3. The van der Waals surface area contributed by atoms with E-state index in [0.29, 0.717) is 22.4 Å². The molecule has 0 saturated heterocycles. The van der Waals surface area contributed by atoms with Crippen molar-refractivity contribution in [2.75, 3.05) is 38.3 Å². The molecule has 0 amide bonds. The van der Waals surface area contributed by atoms with Gasteiger partial charge in [-0.05, 0) is 33.9 Å². The van der Waals surface area contributed by atoms with Crippen LogP contribution in [0.4, 0.5) is 10.7 Å². The van der Waals surface area contributed by atoms with Gasteiger partial charge in [-0.3, -0.25) is 4.79 Å². The number of nitrogens with two attached hydrogens (primary N) is 1. The first kappa shape index (κ1) is 16.8. The maximum absolute atomic E-state index is 11.5. The third-order valence-electron chi connectivity index (χ3n) is 3.28. The molecule has 0 unspecified atom stereocenters. The van der Waals surface area contributed by atoms with Crippen LogP contribution in [0.2, 0.25) is 0 Å². The summed E-state index contributed by atoms with van der Waals surface area (Å²) in [6, 6.07) is 0.547. The second-order valence-corrected chi connectivity index (χ2v) is 6.14. The van der Waals surface area contributed by atoms with Crippen molar-refractivity contribution in [1.29, 1.82) is 0 Å². The molecule has 1 rings (SSSR count). The highest BCUT2D eigenvalue weighted by atomic mass is 32.1. The lowest BCUT2D eigenvalue weighted by Gasteiger charge is -2.20. The number of ether oxygens (including phenoxy) is 1. The zero-order valence-electron chi connectivity index (χ0n) is 12.9. The van der Waals surface area contributed by atoms with Gasteiger partial charge in [0.2, 0.25) is 0 Å². The van der Waals surface area contributed by atoms with Crippen molar-refractivity contribution in [3.05, 3.63) is 4.88 Å². The van der Waals surface area contributed by atoms with Crippen molar-refractivity contribution >= 4 is 27.8 Å². The van der Waals surface area contributed by atoms with Gasteiger partial charge >= 0.3 is 0 Å². The lowest BCUT2D eigenvalue weighted by Crippen LogP contribution is -2.28. The Morgan fingerprint density at radius 1 is 1.50 bits per heavy atom. The molecule has 0 aliphatic heterocycles. The van der Waals surface area contributed by atoms with E-state index < -0.39 is 0 Å². The van der Waals surface area contributed by atoms with Gasteiger partial charge in [0.25, 0.3) is 0 Å². The van der Waals surface area contributed by atoms with Gasteiger partial charge in [-0.15, -0.1) is 11.3 Å². The van der Waals surface area contributed by atoms with E-state index in [4.69, 9.17) is 10.5 Å². The fourth-order valence-corrected chi connectivity index (χ4v) is 2.81. The van der Waals surface area contributed by atoms with Crippen molar-refractivity contribution in [1.82, 2.24) is 4.90 Å². The largest absolute Gasteiger partial charge is 0.492 e. The number of hydrogen-bond donors (Lipinski definition) is 2. The van der Waals surface area contributed by atoms with E-state index in [1.165, 1.54) is 18.3 Å². The first-order chi connectivity index (χ1) is 9.38. The summed E-state index contributed by atoms with van der Waals surface area (Å²) in [6.45, 7) is 7.71. The smallest absolute Gasteiger partial charge is 0.176 e. The first-order valence-electron chi connectivity index (χ1n) is 6.79. The number of ketones is 1. The van der Waals surface area contributed by atoms with E-state index >= 15 is 0 Å². The maximum atomic E-state index is 11.5. The van der Waals surface area contributed by atoms with E-state index in [9.17, 15) is 4.79 Å². The molecule has 0 aliphatic carbocycles. The molecule has 20 heavy (non-hydrogen) atoms. The highest BCUT2D eigenvalue weighted by Gasteiger charge is 2.19. The Balaban J connectivity index is 2.60. The molecule has 1 aromatic heterocycles. The van der Waals surface area contributed by atoms with Gasteiger partial charge in [-0.2, -0.15) is 0 Å². The minimum absolute atomic E-state index is 0.0293. The molecule has 3 N–H and O–H groups in total. The van der Waals surface area contributed by atoms with Crippen LogP contribution >= 0.6 is 11.3 Å². The third kappa shape index (κ3) is 4.11. The molecule has 0 saturated carbocycles. The molecule has 1 heterocycles. The summed E-state index contributed by atoms with van der Waals surface area (Å²) >= 11 is 1.36. The van der Waals surface area contributed by atoms with Crippen LogP contribution in [0.1, 0.15) is 36.9 Å². The van der Waals surface area contributed by atoms with Crippen LogP contribution in [0.25, 0.3) is 0 Å². The first-order valence-corrected chi connectivity index (χ1v) is 7.61. The number of anilines is 2. The number of rotatable bonds is 8. The third-order valence-corrected chi connectivity index (χ3v) is 4.52. The van der Waals surface area contributed by atoms with Crippen LogP contribution in [0.15, 0.2) is 0 Å². The summed E-state index contributed by atoms with van der Waals surface area (Å²) in [5.41, 5.74) is 6.36. The summed E-state index contributed by atoms with van der Waals surface area (Å²) in [5, 5.41) is 4.14. The number of Topliss-reactive ketones (excluding diaryl/α,β-unsaturated/α-hetero) is 1. The van der Waals surface area contributed by atoms with Gasteiger partial charge in [0.15, 0.2) is 11.5 Å². The van der Waals surface area contributed by atoms with Crippen molar-refractivity contribution in [3.8, 4) is 5.75 Å². The van der Waals surface area contributed by atoms with Crippen LogP contribution < -0.4 is 15.8 Å². The average Bonchev–Trinajstić information content (AvgIpc) is 2.70. The number of carbonyl (C=O) groups is 1. The Labute approximate surface area is 125 Å². The number of thiophene rings is 1. The van der Waals surface area contributed by atoms with Crippen LogP contribution in [0.5, 0.6) is 5.75 Å². The van der Waals surface area contributed by atoms with Crippen molar-refractivity contribution < 1.29 is 9.53 Å². The predicted octanol–water partition coefficient (Wildman–Crippen LogP) is 2.68. The molecule has 0 bridgehead atoms. The van der Waals surface area contributed by atoms with Gasteiger partial charge in [-0.25, -0.2) is 0 Å². The van der Waals surface area contributed by atoms with Gasteiger partial charge in [-0.1, -0.05) is 0 Å². The Bertz CT molecular complexity index is 458. The van der Waals surface area contributed by atoms with Crippen LogP contribution in [0.3, 0.4) is 0 Å². The quantitative estimate of drug-likeness (QED) is 0.570. The molecule has 0 spiro atoms.